The number of carbonyl (C=O) groups excluding carboxylic acids is 3. The molecule has 0 saturated heterocycles. The Bertz CT molecular complexity index is 1030. The van der Waals surface area contributed by atoms with E-state index in [2.05, 4.69) is 20.8 Å². The maximum absolute atomic E-state index is 14.0. The Morgan fingerprint density at radius 3 is 2.33 bits per heavy atom. The summed E-state index contributed by atoms with van der Waals surface area (Å²) in [6.45, 7) is 13.4. The Morgan fingerprint density at radius 2 is 1.77 bits per heavy atom. The molecule has 0 aromatic heterocycles. The lowest BCUT2D eigenvalue weighted by Crippen LogP contribution is -2.62. The molecular formula is C32H50O7. The second-order valence-corrected chi connectivity index (χ2v) is 13.2. The lowest BCUT2D eigenvalue weighted by atomic mass is 9.36. The summed E-state index contributed by atoms with van der Waals surface area (Å²) >= 11 is 0. The largest absolute Gasteiger partial charge is 0.481 e. The average Bonchev–Trinajstić information content (AvgIpc) is 3.08. The quantitative estimate of drug-likeness (QED) is 0.326. The van der Waals surface area contributed by atoms with Gasteiger partial charge in [0.2, 0.25) is 0 Å². The summed E-state index contributed by atoms with van der Waals surface area (Å²) in [4.78, 5) is 51.1. The summed E-state index contributed by atoms with van der Waals surface area (Å²) in [5.41, 5.74) is 0.192. The monoisotopic (exact) mass is 546 g/mol. The number of rotatable bonds is 11. The highest BCUT2D eigenvalue weighted by molar-refractivity contribution is 6.06. The fourth-order valence-corrected chi connectivity index (χ4v) is 8.97. The second-order valence-electron chi connectivity index (χ2n) is 13.2. The number of Topliss-reactive ketones (excluding diaryl/α,β-unsaturated/α-hetero) is 3. The van der Waals surface area contributed by atoms with Crippen LogP contribution in [-0.4, -0.2) is 51.3 Å². The molecule has 0 aromatic rings. The van der Waals surface area contributed by atoms with Crippen molar-refractivity contribution in [2.75, 3.05) is 6.61 Å². The maximum Gasteiger partial charge on any atom is 0.306 e. The zero-order valence-electron chi connectivity index (χ0n) is 25.0. The summed E-state index contributed by atoms with van der Waals surface area (Å²) in [5, 5.41) is 29.9. The molecule has 4 aliphatic carbocycles. The van der Waals surface area contributed by atoms with Gasteiger partial charge in [-0.25, -0.2) is 0 Å². The van der Waals surface area contributed by atoms with Gasteiger partial charge in [0.25, 0.3) is 0 Å². The molecule has 0 aromatic carbocycles. The van der Waals surface area contributed by atoms with Crippen LogP contribution < -0.4 is 0 Å². The van der Waals surface area contributed by atoms with Gasteiger partial charge in [0.05, 0.1) is 17.4 Å². The Kier molecular flexibility index (Phi) is 9.38. The molecule has 7 nitrogen and oxygen atoms in total. The van der Waals surface area contributed by atoms with Gasteiger partial charge in [-0.15, -0.1) is 0 Å². The molecule has 0 heterocycles. The molecular weight excluding hydrogens is 496 g/mol. The highest BCUT2D eigenvalue weighted by Gasteiger charge is 2.75. The molecule has 0 bridgehead atoms. The Morgan fingerprint density at radius 1 is 1.13 bits per heavy atom. The van der Waals surface area contributed by atoms with Gasteiger partial charge in [-0.2, -0.15) is 0 Å². The van der Waals surface area contributed by atoms with Crippen molar-refractivity contribution in [3.05, 3.63) is 11.1 Å². The molecule has 0 aliphatic heterocycles. The van der Waals surface area contributed by atoms with Crippen LogP contribution in [0, 0.1) is 45.8 Å². The van der Waals surface area contributed by atoms with Gasteiger partial charge in [0.1, 0.15) is 11.6 Å². The summed E-state index contributed by atoms with van der Waals surface area (Å²) < 4.78 is 0. The van der Waals surface area contributed by atoms with Crippen LogP contribution in [0.25, 0.3) is 0 Å². The van der Waals surface area contributed by atoms with Crippen LogP contribution in [0.1, 0.15) is 106 Å². The third-order valence-corrected chi connectivity index (χ3v) is 11.2. The second kappa shape index (κ2) is 11.6. The minimum atomic E-state index is -0.961. The first-order chi connectivity index (χ1) is 18.2. The number of carboxylic acid groups (broad SMARTS) is 1. The highest BCUT2D eigenvalue weighted by atomic mass is 16.4. The molecule has 3 N–H and O–H groups in total. The number of aliphatic hydroxyl groups is 2. The lowest BCUT2D eigenvalue weighted by Gasteiger charge is -2.65. The van der Waals surface area contributed by atoms with E-state index in [1.54, 1.807) is 13.8 Å². The fourth-order valence-electron chi connectivity index (χ4n) is 8.97. The molecule has 0 amide bonds. The molecule has 1 spiro atoms. The van der Waals surface area contributed by atoms with Gasteiger partial charge in [-0.3, -0.25) is 14.4 Å². The van der Waals surface area contributed by atoms with E-state index in [1.807, 2.05) is 13.8 Å². The number of carboxylic acids is 1. The van der Waals surface area contributed by atoms with Crippen molar-refractivity contribution in [3.63, 3.8) is 0 Å². The predicted octanol–water partition coefficient (Wildman–Crippen LogP) is 5.16. The first-order valence-electron chi connectivity index (χ1n) is 15.1. The van der Waals surface area contributed by atoms with Crippen LogP contribution in [0.2, 0.25) is 0 Å². The lowest BCUT2D eigenvalue weighted by molar-refractivity contribution is -0.145. The number of aliphatic hydroxyl groups excluding tert-OH is 2. The Hall–Kier alpha value is -1.86. The van der Waals surface area contributed by atoms with Gasteiger partial charge in [-0.1, -0.05) is 41.5 Å². The number of hydrogen-bond acceptors (Lipinski definition) is 6. The van der Waals surface area contributed by atoms with E-state index in [4.69, 9.17) is 0 Å². The zero-order chi connectivity index (χ0) is 29.5. The van der Waals surface area contributed by atoms with Crippen LogP contribution in [0.4, 0.5) is 0 Å². The fraction of sp³-hybridized carbons (Fsp3) is 0.812. The van der Waals surface area contributed by atoms with E-state index in [9.17, 15) is 34.5 Å². The van der Waals surface area contributed by atoms with Crippen LogP contribution in [0.15, 0.2) is 11.1 Å². The van der Waals surface area contributed by atoms with Gasteiger partial charge < -0.3 is 20.1 Å². The van der Waals surface area contributed by atoms with Crippen LogP contribution in [0.3, 0.4) is 0 Å². The molecule has 4 rings (SSSR count). The molecule has 39 heavy (non-hydrogen) atoms. The van der Waals surface area contributed by atoms with Gasteiger partial charge in [0, 0.05) is 31.4 Å². The summed E-state index contributed by atoms with van der Waals surface area (Å²) in [6.07, 6.45) is 3.25. The van der Waals surface area contributed by atoms with Crippen LogP contribution in [0.5, 0.6) is 0 Å². The predicted molar refractivity (Wildman–Crippen MR) is 149 cm³/mol. The standard InChI is InChI=1S/C30H44O7.C2H6/c1-16(27(36)37)10-21(33)12-19(7-9-31)22-13-24(35)30-14-20-11-17(2)28(4,8-6-18(3)32)26(25(20)30)23(34)15-29(22,30)5;1-2/h16-17,19-22,31,33H,6-15H2,1-5H3,(H,36,37);1-2H3/t16?,17?,19?,20-,21-,22?,28+,29-,30+;/m1./s1. The molecule has 9 atom stereocenters. The molecule has 2 saturated carbocycles. The topological polar surface area (TPSA) is 129 Å². The molecule has 4 unspecified atom stereocenters. The van der Waals surface area contributed by atoms with Crippen molar-refractivity contribution in [2.24, 2.45) is 45.8 Å². The van der Waals surface area contributed by atoms with E-state index in [-0.39, 0.29) is 60.5 Å². The van der Waals surface area contributed by atoms with Crippen molar-refractivity contribution in [3.8, 4) is 0 Å². The van der Waals surface area contributed by atoms with Crippen LogP contribution >= 0.6 is 0 Å². The van der Waals surface area contributed by atoms with E-state index in [0.29, 0.717) is 32.1 Å². The molecule has 220 valence electrons. The summed E-state index contributed by atoms with van der Waals surface area (Å²) in [5.74, 6) is -1.14. The van der Waals surface area contributed by atoms with E-state index in [0.717, 1.165) is 24.0 Å². The minimum absolute atomic E-state index is 0.0925. The number of carbonyl (C=O) groups is 4. The first-order valence-corrected chi connectivity index (χ1v) is 15.1. The Labute approximate surface area is 233 Å². The van der Waals surface area contributed by atoms with E-state index >= 15 is 0 Å². The zero-order valence-corrected chi connectivity index (χ0v) is 25.0. The molecule has 7 heteroatoms. The highest BCUT2D eigenvalue weighted by Crippen LogP contribution is 2.77. The van der Waals surface area contributed by atoms with Crippen molar-refractivity contribution >= 4 is 23.3 Å². The smallest absolute Gasteiger partial charge is 0.306 e. The van der Waals surface area contributed by atoms with Crippen molar-refractivity contribution in [1.29, 1.82) is 0 Å². The van der Waals surface area contributed by atoms with Gasteiger partial charge >= 0.3 is 5.97 Å². The molecule has 2 fully saturated rings. The molecule has 4 aliphatic rings. The summed E-state index contributed by atoms with van der Waals surface area (Å²) in [6, 6.07) is 0. The molecule has 0 radical (unpaired) electrons. The van der Waals surface area contributed by atoms with Gasteiger partial charge in [0.15, 0.2) is 5.78 Å². The van der Waals surface area contributed by atoms with Crippen molar-refractivity contribution in [1.82, 2.24) is 0 Å². The SMILES string of the molecule is CC.CC(=O)CC[C@]1(C)C2=C3[C@H](CC1C)C[C@]31C(=O)CC(C(CCO)C[C@H](O)CC(C)C(=O)O)[C@@]1(C)CC2=O. The van der Waals surface area contributed by atoms with Crippen molar-refractivity contribution in [2.45, 2.75) is 112 Å². The number of hydrogen-bond donors (Lipinski definition) is 3. The maximum atomic E-state index is 14.0. The number of ketones is 3. The van der Waals surface area contributed by atoms with Crippen molar-refractivity contribution < 1.29 is 34.5 Å². The number of allylic oxidation sites excluding steroid dienone is 2. The third kappa shape index (κ3) is 4.96. The summed E-state index contributed by atoms with van der Waals surface area (Å²) in [7, 11) is 0. The Balaban J connectivity index is 0.00000205. The van der Waals surface area contributed by atoms with Gasteiger partial charge in [-0.05, 0) is 85.5 Å². The average molecular weight is 547 g/mol. The third-order valence-electron chi connectivity index (χ3n) is 11.2. The minimum Gasteiger partial charge on any atom is -0.481 e. The van der Waals surface area contributed by atoms with E-state index in [1.165, 1.54) is 0 Å². The van der Waals surface area contributed by atoms with Crippen LogP contribution in [-0.2, 0) is 19.2 Å². The van der Waals surface area contributed by atoms with E-state index < -0.39 is 34.2 Å². The first kappa shape index (κ1) is 31.7. The normalized spacial score (nSPS) is 37.1. The number of aliphatic carboxylic acids is 1.